The van der Waals surface area contributed by atoms with Crippen molar-refractivity contribution in [1.82, 2.24) is 5.32 Å². The van der Waals surface area contributed by atoms with Crippen LogP contribution in [-0.2, 0) is 4.79 Å². The summed E-state index contributed by atoms with van der Waals surface area (Å²) in [7, 11) is 0. The molecule has 108 valence electrons. The van der Waals surface area contributed by atoms with Crippen LogP contribution in [0.2, 0.25) is 0 Å². The number of rotatable bonds is 3. The molecule has 2 rings (SSSR count). The second-order valence-electron chi connectivity index (χ2n) is 5.05. The lowest BCUT2D eigenvalue weighted by Gasteiger charge is -2.29. The molecule has 0 saturated heterocycles. The fourth-order valence-electron chi connectivity index (χ4n) is 2.58. The van der Waals surface area contributed by atoms with E-state index in [1.54, 1.807) is 0 Å². The van der Waals surface area contributed by atoms with Gasteiger partial charge in [-0.15, -0.1) is 0 Å². The van der Waals surface area contributed by atoms with E-state index in [2.05, 4.69) is 5.32 Å². The van der Waals surface area contributed by atoms with E-state index in [0.29, 0.717) is 12.8 Å². The highest BCUT2D eigenvalue weighted by Crippen LogP contribution is 2.26. The van der Waals surface area contributed by atoms with Crippen LogP contribution in [-0.4, -0.2) is 33.2 Å². The average Bonchev–Trinajstić information content (AvgIpc) is 2.37. The molecule has 20 heavy (non-hydrogen) atoms. The van der Waals surface area contributed by atoms with Gasteiger partial charge in [0.15, 0.2) is 0 Å². The molecule has 1 aromatic carbocycles. The van der Waals surface area contributed by atoms with Gasteiger partial charge in [-0.1, -0.05) is 12.8 Å². The number of hydrogen-bond acceptors (Lipinski definition) is 4. The van der Waals surface area contributed by atoms with Gasteiger partial charge < -0.3 is 20.6 Å². The van der Waals surface area contributed by atoms with E-state index in [4.69, 9.17) is 5.11 Å². The Morgan fingerprint density at radius 3 is 2.25 bits per heavy atom. The van der Waals surface area contributed by atoms with E-state index in [1.807, 2.05) is 0 Å². The Labute approximate surface area is 116 Å². The van der Waals surface area contributed by atoms with E-state index >= 15 is 0 Å². The molecule has 4 N–H and O–H groups in total. The van der Waals surface area contributed by atoms with Gasteiger partial charge in [-0.3, -0.25) is 9.59 Å². The van der Waals surface area contributed by atoms with Crippen LogP contribution in [0.1, 0.15) is 36.0 Å². The number of carbonyl (C=O) groups is 2. The zero-order valence-corrected chi connectivity index (χ0v) is 10.9. The molecule has 1 amide bonds. The van der Waals surface area contributed by atoms with Crippen LogP contribution < -0.4 is 5.32 Å². The van der Waals surface area contributed by atoms with Crippen molar-refractivity contribution in [2.45, 2.75) is 31.7 Å². The standard InChI is InChI=1S/C14H17NO5/c16-9-5-8(6-10(17)7-9)13(18)15-12-4-2-1-3-11(12)14(19)20/h5-7,11-12,16-17H,1-4H2,(H,15,18)(H,19,20). The fraction of sp³-hybridized carbons (Fsp3) is 0.429. The Kier molecular flexibility index (Phi) is 4.12. The molecule has 6 nitrogen and oxygen atoms in total. The van der Waals surface area contributed by atoms with Crippen LogP contribution in [0.4, 0.5) is 0 Å². The lowest BCUT2D eigenvalue weighted by molar-refractivity contribution is -0.143. The zero-order valence-electron chi connectivity index (χ0n) is 10.9. The Hall–Kier alpha value is -2.24. The number of aliphatic carboxylic acids is 1. The summed E-state index contributed by atoms with van der Waals surface area (Å²) in [6.07, 6.45) is 2.88. The summed E-state index contributed by atoms with van der Waals surface area (Å²) in [5, 5.41) is 30.5. The first-order valence-corrected chi connectivity index (χ1v) is 6.54. The molecular weight excluding hydrogens is 262 g/mol. The lowest BCUT2D eigenvalue weighted by Crippen LogP contribution is -2.45. The van der Waals surface area contributed by atoms with Crippen LogP contribution in [0.5, 0.6) is 11.5 Å². The predicted molar refractivity (Wildman–Crippen MR) is 70.6 cm³/mol. The first-order chi connectivity index (χ1) is 9.47. The van der Waals surface area contributed by atoms with Gasteiger partial charge in [0.25, 0.3) is 5.91 Å². The molecule has 0 aromatic heterocycles. The van der Waals surface area contributed by atoms with E-state index in [1.165, 1.54) is 12.1 Å². The maximum Gasteiger partial charge on any atom is 0.308 e. The van der Waals surface area contributed by atoms with E-state index < -0.39 is 23.8 Å². The molecular formula is C14H17NO5. The van der Waals surface area contributed by atoms with E-state index in [-0.39, 0.29) is 17.1 Å². The molecule has 1 saturated carbocycles. The summed E-state index contributed by atoms with van der Waals surface area (Å²) >= 11 is 0. The molecule has 6 heteroatoms. The minimum absolute atomic E-state index is 0.109. The topological polar surface area (TPSA) is 107 Å². The number of phenolic OH excluding ortho intramolecular Hbond substituents is 2. The van der Waals surface area contributed by atoms with Gasteiger partial charge in [-0.2, -0.15) is 0 Å². The third-order valence-electron chi connectivity index (χ3n) is 3.56. The van der Waals surface area contributed by atoms with Crippen molar-refractivity contribution in [1.29, 1.82) is 0 Å². The predicted octanol–water partition coefficient (Wildman–Crippen LogP) is 1.47. The normalized spacial score (nSPS) is 22.2. The van der Waals surface area contributed by atoms with Gasteiger partial charge >= 0.3 is 5.97 Å². The molecule has 2 unspecified atom stereocenters. The molecule has 1 aliphatic carbocycles. The third-order valence-corrected chi connectivity index (χ3v) is 3.56. The highest BCUT2D eigenvalue weighted by Gasteiger charge is 2.32. The van der Waals surface area contributed by atoms with Gasteiger partial charge in [0.05, 0.1) is 5.92 Å². The summed E-state index contributed by atoms with van der Waals surface area (Å²) in [4.78, 5) is 23.2. The highest BCUT2D eigenvalue weighted by molar-refractivity contribution is 5.95. The Morgan fingerprint density at radius 2 is 1.65 bits per heavy atom. The van der Waals surface area contributed by atoms with Crippen molar-refractivity contribution in [3.05, 3.63) is 23.8 Å². The van der Waals surface area contributed by atoms with Crippen molar-refractivity contribution in [3.63, 3.8) is 0 Å². The third kappa shape index (κ3) is 3.20. The summed E-state index contributed by atoms with van der Waals surface area (Å²) < 4.78 is 0. The van der Waals surface area contributed by atoms with E-state index in [0.717, 1.165) is 18.9 Å². The van der Waals surface area contributed by atoms with Crippen molar-refractivity contribution in [2.75, 3.05) is 0 Å². The van der Waals surface area contributed by atoms with Crippen molar-refractivity contribution in [3.8, 4) is 11.5 Å². The second kappa shape index (κ2) is 5.81. The molecule has 0 spiro atoms. The largest absolute Gasteiger partial charge is 0.508 e. The number of phenols is 2. The quantitative estimate of drug-likeness (QED) is 0.670. The van der Waals surface area contributed by atoms with Gasteiger partial charge in [0.2, 0.25) is 0 Å². The SMILES string of the molecule is O=C(NC1CCCCC1C(=O)O)c1cc(O)cc(O)c1. The van der Waals surface area contributed by atoms with Gasteiger partial charge in [0.1, 0.15) is 11.5 Å². The van der Waals surface area contributed by atoms with Crippen LogP contribution in [0, 0.1) is 5.92 Å². The van der Waals surface area contributed by atoms with Gasteiger partial charge in [-0.25, -0.2) is 0 Å². The Morgan fingerprint density at radius 1 is 1.05 bits per heavy atom. The number of carboxylic acid groups (broad SMARTS) is 1. The van der Waals surface area contributed by atoms with Gasteiger partial charge in [-0.05, 0) is 25.0 Å². The summed E-state index contributed by atoms with van der Waals surface area (Å²) in [6, 6.07) is 3.16. The minimum Gasteiger partial charge on any atom is -0.508 e. The second-order valence-corrected chi connectivity index (χ2v) is 5.05. The molecule has 1 fully saturated rings. The van der Waals surface area contributed by atoms with Crippen molar-refractivity contribution in [2.24, 2.45) is 5.92 Å². The number of amides is 1. The Bertz CT molecular complexity index is 508. The van der Waals surface area contributed by atoms with Crippen LogP contribution in [0.25, 0.3) is 0 Å². The first-order valence-electron chi connectivity index (χ1n) is 6.54. The number of carboxylic acids is 1. The van der Waals surface area contributed by atoms with Gasteiger partial charge in [0, 0.05) is 17.7 Å². The highest BCUT2D eigenvalue weighted by atomic mass is 16.4. The first kappa shape index (κ1) is 14.2. The molecule has 0 radical (unpaired) electrons. The fourth-order valence-corrected chi connectivity index (χ4v) is 2.58. The van der Waals surface area contributed by atoms with Crippen LogP contribution in [0.15, 0.2) is 18.2 Å². The Balaban J connectivity index is 2.11. The molecule has 0 aliphatic heterocycles. The monoisotopic (exact) mass is 279 g/mol. The van der Waals surface area contributed by atoms with Crippen LogP contribution in [0.3, 0.4) is 0 Å². The molecule has 1 aromatic rings. The summed E-state index contributed by atoms with van der Waals surface area (Å²) in [5.74, 6) is -2.41. The average molecular weight is 279 g/mol. The van der Waals surface area contributed by atoms with Crippen LogP contribution >= 0.6 is 0 Å². The van der Waals surface area contributed by atoms with Crippen molar-refractivity contribution >= 4 is 11.9 Å². The number of benzene rings is 1. The maximum absolute atomic E-state index is 12.1. The van der Waals surface area contributed by atoms with Crippen molar-refractivity contribution < 1.29 is 24.9 Å². The van der Waals surface area contributed by atoms with E-state index in [9.17, 15) is 19.8 Å². The minimum atomic E-state index is -0.909. The molecule has 2 atom stereocenters. The zero-order chi connectivity index (χ0) is 14.7. The molecule has 0 bridgehead atoms. The lowest BCUT2D eigenvalue weighted by atomic mass is 9.84. The number of hydrogen-bond donors (Lipinski definition) is 4. The number of aromatic hydroxyl groups is 2. The number of nitrogens with one attached hydrogen (secondary N) is 1. The molecule has 1 aliphatic rings. The number of carbonyl (C=O) groups excluding carboxylic acids is 1. The maximum atomic E-state index is 12.1. The summed E-state index contributed by atoms with van der Waals surface area (Å²) in [5.41, 5.74) is 0.109. The summed E-state index contributed by atoms with van der Waals surface area (Å²) in [6.45, 7) is 0. The smallest absolute Gasteiger partial charge is 0.308 e. The molecule has 0 heterocycles.